The number of aryl methyl sites for hydroxylation is 1. The lowest BCUT2D eigenvalue weighted by molar-refractivity contribution is -0.143. The second-order valence-corrected chi connectivity index (χ2v) is 16.9. The Kier molecular flexibility index (Phi) is 13.1. The van der Waals surface area contributed by atoms with Crippen LogP contribution in [-0.4, -0.2) is 98.2 Å². The van der Waals surface area contributed by atoms with Gasteiger partial charge in [-0.25, -0.2) is 9.37 Å². The van der Waals surface area contributed by atoms with E-state index in [-0.39, 0.29) is 29.2 Å². The Morgan fingerprint density at radius 3 is 2.26 bits per heavy atom. The summed E-state index contributed by atoms with van der Waals surface area (Å²) in [5, 5.41) is 13.0. The molecule has 11 nitrogen and oxygen atoms in total. The van der Waals surface area contributed by atoms with Crippen LogP contribution in [0, 0.1) is 5.82 Å². The molecule has 1 aliphatic carbocycles. The Morgan fingerprint density at radius 1 is 0.897 bits per heavy atom. The number of aromatic nitrogens is 3. The van der Waals surface area contributed by atoms with Crippen molar-refractivity contribution in [3.63, 3.8) is 0 Å². The molecular weight excluding hydrogens is 773 g/mol. The summed E-state index contributed by atoms with van der Waals surface area (Å²) in [6.45, 7) is 10.2. The predicted molar refractivity (Wildman–Crippen MR) is 215 cm³/mol. The Hall–Kier alpha value is -4.51. The number of carbonyl (C=O) groups is 2. The van der Waals surface area contributed by atoms with E-state index in [0.29, 0.717) is 48.2 Å². The van der Waals surface area contributed by atoms with Crippen LogP contribution in [0.2, 0.25) is 0 Å². The van der Waals surface area contributed by atoms with Gasteiger partial charge in [-0.2, -0.15) is 30.0 Å². The van der Waals surface area contributed by atoms with E-state index in [1.54, 1.807) is 6.07 Å². The van der Waals surface area contributed by atoms with Gasteiger partial charge in [-0.1, -0.05) is 30.3 Å². The van der Waals surface area contributed by atoms with E-state index in [2.05, 4.69) is 67.9 Å². The summed E-state index contributed by atoms with van der Waals surface area (Å²) < 4.78 is 61.0. The van der Waals surface area contributed by atoms with Crippen LogP contribution in [0.5, 0.6) is 11.6 Å². The summed E-state index contributed by atoms with van der Waals surface area (Å²) in [6.07, 6.45) is -1.70. The molecule has 1 unspecified atom stereocenters. The number of alkyl halides is 3. The van der Waals surface area contributed by atoms with Crippen molar-refractivity contribution in [1.29, 1.82) is 0 Å². The molecule has 2 amide bonds. The maximum Gasteiger partial charge on any atom is 0.433 e. The number of rotatable bonds is 11. The molecule has 3 aliphatic rings. The average Bonchev–Trinajstić information content (AvgIpc) is 3.59. The van der Waals surface area contributed by atoms with Crippen LogP contribution in [0.15, 0.2) is 60.8 Å². The Morgan fingerprint density at radius 2 is 1.59 bits per heavy atom. The molecule has 310 valence electrons. The van der Waals surface area contributed by atoms with Crippen molar-refractivity contribution in [3.8, 4) is 22.8 Å². The topological polar surface area (TPSA) is 117 Å². The third kappa shape index (κ3) is 10.6. The first-order chi connectivity index (χ1) is 27.8. The molecule has 2 aromatic carbocycles. The van der Waals surface area contributed by atoms with Gasteiger partial charge in [0.1, 0.15) is 22.8 Å². The highest BCUT2D eigenvalue weighted by atomic mass is 32.2. The molecule has 2 atom stereocenters. The summed E-state index contributed by atoms with van der Waals surface area (Å²) in [5.41, 5.74) is 3.17. The van der Waals surface area contributed by atoms with E-state index >= 15 is 0 Å². The number of hydrogen-bond donors (Lipinski definition) is 3. The molecule has 1 saturated carbocycles. The summed E-state index contributed by atoms with van der Waals surface area (Å²) >= 11 is 1.98. The molecule has 0 radical (unpaired) electrons. The van der Waals surface area contributed by atoms with Crippen LogP contribution in [0.1, 0.15) is 77.2 Å². The van der Waals surface area contributed by atoms with Crippen molar-refractivity contribution in [2.75, 3.05) is 37.7 Å². The Bertz CT molecular complexity index is 2070. The summed E-state index contributed by atoms with van der Waals surface area (Å²) in [7, 11) is 1.14. The largest absolute Gasteiger partial charge is 0.438 e. The van der Waals surface area contributed by atoms with E-state index in [4.69, 9.17) is 4.74 Å². The van der Waals surface area contributed by atoms with E-state index < -0.39 is 29.5 Å². The van der Waals surface area contributed by atoms with Crippen molar-refractivity contribution in [1.82, 2.24) is 40.5 Å². The van der Waals surface area contributed by atoms with Gasteiger partial charge in [-0.05, 0) is 80.0 Å². The van der Waals surface area contributed by atoms with Gasteiger partial charge < -0.3 is 20.7 Å². The second-order valence-electron chi connectivity index (χ2n) is 15.7. The van der Waals surface area contributed by atoms with Crippen molar-refractivity contribution in [3.05, 3.63) is 94.7 Å². The highest BCUT2D eigenvalue weighted by Crippen LogP contribution is 2.33. The normalized spacial score (nSPS) is 22.1. The first kappa shape index (κ1) is 41.6. The third-order valence-corrected chi connectivity index (χ3v) is 11.9. The van der Waals surface area contributed by atoms with E-state index in [9.17, 15) is 27.2 Å². The molecule has 2 saturated heterocycles. The first-order valence-corrected chi connectivity index (χ1v) is 21.0. The van der Waals surface area contributed by atoms with Gasteiger partial charge in [0, 0.05) is 88.1 Å². The lowest BCUT2D eigenvalue weighted by Gasteiger charge is -2.36. The molecule has 0 spiro atoms. The van der Waals surface area contributed by atoms with E-state index in [1.807, 2.05) is 30.0 Å². The van der Waals surface area contributed by atoms with E-state index in [1.165, 1.54) is 11.1 Å². The van der Waals surface area contributed by atoms with Crippen molar-refractivity contribution in [2.24, 2.45) is 7.05 Å². The minimum Gasteiger partial charge on any atom is -0.438 e. The Labute approximate surface area is 340 Å². The fourth-order valence-electron chi connectivity index (χ4n) is 8.24. The van der Waals surface area contributed by atoms with Gasteiger partial charge in [-0.3, -0.25) is 24.1 Å². The van der Waals surface area contributed by atoms with Crippen LogP contribution in [0.4, 0.5) is 17.6 Å². The zero-order valence-corrected chi connectivity index (χ0v) is 33.8. The van der Waals surface area contributed by atoms with Gasteiger partial charge in [0.15, 0.2) is 5.69 Å². The molecule has 4 aromatic rings. The highest BCUT2D eigenvalue weighted by molar-refractivity contribution is 7.99. The van der Waals surface area contributed by atoms with Gasteiger partial charge in [-0.15, -0.1) is 0 Å². The van der Waals surface area contributed by atoms with Crippen LogP contribution in [0.25, 0.3) is 11.1 Å². The molecule has 0 bridgehead atoms. The molecule has 2 aromatic heterocycles. The van der Waals surface area contributed by atoms with Gasteiger partial charge >= 0.3 is 6.18 Å². The number of hydrogen-bond acceptors (Lipinski definition) is 9. The molecular formula is C42H50F4N8O3S. The smallest absolute Gasteiger partial charge is 0.433 e. The number of piperazine rings is 1. The monoisotopic (exact) mass is 822 g/mol. The van der Waals surface area contributed by atoms with Crippen molar-refractivity contribution >= 4 is 23.6 Å². The average molecular weight is 823 g/mol. The highest BCUT2D eigenvalue weighted by Gasteiger charge is 2.36. The minimum atomic E-state index is -4.63. The van der Waals surface area contributed by atoms with Crippen LogP contribution in [0.3, 0.4) is 0 Å². The zero-order chi connectivity index (χ0) is 41.0. The SMILES string of the molecule is CC1CN(Cc2ccc(-c3cccc(Oc4ncc(F)cc4C(=O)N[C@H]4CC[C@H](NC(=O)c5cc(C(F)(F)F)n(C)n5)CC4)c3)c(CN3CCSCC3)c2)C[C@H](C)N1. The Balaban J connectivity index is 1.02. The fraction of sp³-hybridized carbons (Fsp3) is 0.476. The lowest BCUT2D eigenvalue weighted by Crippen LogP contribution is -2.53. The maximum absolute atomic E-state index is 14.6. The summed E-state index contributed by atoms with van der Waals surface area (Å²) in [6, 6.07) is 16.5. The standard InChI is InChI=1S/C42H50F4N8O3S/c1-26-22-54(23-27(2)48-26)24-28-7-12-35(30(17-28)25-53-13-15-58-16-14-53)29-5-4-6-34(18-29)57-41-36(19-31(43)21-47-41)39(55)49-32-8-10-33(11-9-32)50-40(56)37-20-38(42(44,45)46)52(3)51-37/h4-7,12,17-21,26-27,32-33,48H,8-11,13-16,22-25H2,1-3H3,(H,49,55)(H,50,56)/t26-,27?,32-,33-/m0/s1. The molecule has 58 heavy (non-hydrogen) atoms. The fourth-order valence-corrected chi connectivity index (χ4v) is 9.22. The van der Waals surface area contributed by atoms with Gasteiger partial charge in [0.05, 0.1) is 6.20 Å². The number of amides is 2. The van der Waals surface area contributed by atoms with Gasteiger partial charge in [0.25, 0.3) is 11.8 Å². The second kappa shape index (κ2) is 18.2. The number of ether oxygens (including phenoxy) is 1. The zero-order valence-electron chi connectivity index (χ0n) is 32.9. The van der Waals surface area contributed by atoms with Crippen molar-refractivity contribution in [2.45, 2.75) is 83.0 Å². The number of nitrogens with zero attached hydrogens (tertiary/aromatic N) is 5. The number of benzene rings is 2. The van der Waals surface area contributed by atoms with E-state index in [0.717, 1.165) is 87.3 Å². The van der Waals surface area contributed by atoms with Crippen LogP contribution in [-0.2, 0) is 26.3 Å². The van der Waals surface area contributed by atoms with Crippen LogP contribution >= 0.6 is 11.8 Å². The summed E-state index contributed by atoms with van der Waals surface area (Å²) in [5.74, 6) is 0.700. The van der Waals surface area contributed by atoms with Crippen LogP contribution < -0.4 is 20.7 Å². The lowest BCUT2D eigenvalue weighted by atomic mass is 9.91. The number of thioether (sulfide) groups is 1. The molecule has 2 aliphatic heterocycles. The predicted octanol–water partition coefficient (Wildman–Crippen LogP) is 6.63. The van der Waals surface area contributed by atoms with Crippen molar-refractivity contribution < 1.29 is 31.9 Å². The number of nitrogens with one attached hydrogen (secondary N) is 3. The quantitative estimate of drug-likeness (QED) is 0.143. The number of halogens is 4. The maximum atomic E-state index is 14.6. The molecule has 4 heterocycles. The third-order valence-electron chi connectivity index (χ3n) is 10.9. The minimum absolute atomic E-state index is 0.0357. The molecule has 16 heteroatoms. The molecule has 3 N–H and O–H groups in total. The first-order valence-electron chi connectivity index (χ1n) is 19.8. The summed E-state index contributed by atoms with van der Waals surface area (Å²) in [4.78, 5) is 35.4. The molecule has 3 fully saturated rings. The number of pyridine rings is 1. The van der Waals surface area contributed by atoms with Gasteiger partial charge in [0.2, 0.25) is 5.88 Å². The molecule has 7 rings (SSSR count). The number of carbonyl (C=O) groups excluding carboxylic acids is 2.